The van der Waals surface area contributed by atoms with Crippen molar-refractivity contribution < 1.29 is 4.39 Å². The van der Waals surface area contributed by atoms with Gasteiger partial charge in [0.1, 0.15) is 11.6 Å². The summed E-state index contributed by atoms with van der Waals surface area (Å²) in [7, 11) is 0. The van der Waals surface area contributed by atoms with E-state index >= 15 is 0 Å². The maximum Gasteiger partial charge on any atom is 0.229 e. The standard InChI is InChI=1S/C11H11FN4/c1-7-6-8(12)2-3-9(7)15-11-14-5-4-10(13)16-11/h2-6H,1H3,(H3,13,14,15,16). The lowest BCUT2D eigenvalue weighted by molar-refractivity contribution is 0.627. The van der Waals surface area contributed by atoms with Crippen LogP contribution < -0.4 is 11.1 Å². The quantitative estimate of drug-likeness (QED) is 0.811. The van der Waals surface area contributed by atoms with Gasteiger partial charge in [-0.15, -0.1) is 0 Å². The maximum absolute atomic E-state index is 12.9. The van der Waals surface area contributed by atoms with Crippen LogP contribution in [0.15, 0.2) is 30.5 Å². The number of halogens is 1. The molecule has 0 unspecified atom stereocenters. The van der Waals surface area contributed by atoms with Crippen LogP contribution >= 0.6 is 0 Å². The molecule has 4 nitrogen and oxygen atoms in total. The largest absolute Gasteiger partial charge is 0.384 e. The summed E-state index contributed by atoms with van der Waals surface area (Å²) in [5.41, 5.74) is 7.06. The van der Waals surface area contributed by atoms with Gasteiger partial charge in [-0.3, -0.25) is 0 Å². The predicted molar refractivity (Wildman–Crippen MR) is 60.9 cm³/mol. The first-order chi connectivity index (χ1) is 7.65. The summed E-state index contributed by atoms with van der Waals surface area (Å²) in [6.45, 7) is 1.80. The average molecular weight is 218 g/mol. The van der Waals surface area contributed by atoms with Crippen molar-refractivity contribution in [2.45, 2.75) is 6.92 Å². The molecule has 0 saturated heterocycles. The molecule has 2 aromatic rings. The van der Waals surface area contributed by atoms with Gasteiger partial charge in [0.05, 0.1) is 0 Å². The predicted octanol–water partition coefficient (Wildman–Crippen LogP) is 2.25. The van der Waals surface area contributed by atoms with E-state index in [9.17, 15) is 4.39 Å². The van der Waals surface area contributed by atoms with Crippen molar-refractivity contribution >= 4 is 17.5 Å². The van der Waals surface area contributed by atoms with Crippen molar-refractivity contribution in [1.82, 2.24) is 9.97 Å². The highest BCUT2D eigenvalue weighted by Crippen LogP contribution is 2.19. The number of benzene rings is 1. The van der Waals surface area contributed by atoms with Crippen LogP contribution in [0.1, 0.15) is 5.56 Å². The maximum atomic E-state index is 12.9. The number of hydrogen-bond donors (Lipinski definition) is 2. The van der Waals surface area contributed by atoms with Gasteiger partial charge in [-0.1, -0.05) is 0 Å². The van der Waals surface area contributed by atoms with E-state index in [1.165, 1.54) is 12.1 Å². The molecule has 3 N–H and O–H groups in total. The fourth-order valence-corrected chi connectivity index (χ4v) is 1.32. The summed E-state index contributed by atoms with van der Waals surface area (Å²) in [6.07, 6.45) is 1.56. The van der Waals surface area contributed by atoms with Crippen molar-refractivity contribution in [2.24, 2.45) is 0 Å². The van der Waals surface area contributed by atoms with E-state index in [4.69, 9.17) is 5.73 Å². The molecule has 0 aliphatic rings. The van der Waals surface area contributed by atoms with E-state index < -0.39 is 0 Å². The third-order valence-electron chi connectivity index (χ3n) is 2.11. The Morgan fingerprint density at radius 3 is 2.81 bits per heavy atom. The van der Waals surface area contributed by atoms with Crippen LogP contribution in [0.2, 0.25) is 0 Å². The van der Waals surface area contributed by atoms with Gasteiger partial charge in [-0.2, -0.15) is 4.98 Å². The Balaban J connectivity index is 2.27. The number of rotatable bonds is 2. The topological polar surface area (TPSA) is 63.8 Å². The Morgan fingerprint density at radius 2 is 2.12 bits per heavy atom. The van der Waals surface area contributed by atoms with Crippen LogP contribution in [0.4, 0.5) is 21.8 Å². The minimum Gasteiger partial charge on any atom is -0.384 e. The van der Waals surface area contributed by atoms with Crippen LogP contribution in [0.5, 0.6) is 0 Å². The zero-order valence-electron chi connectivity index (χ0n) is 8.74. The molecule has 0 aliphatic carbocycles. The van der Waals surface area contributed by atoms with E-state index in [0.29, 0.717) is 11.8 Å². The van der Waals surface area contributed by atoms with Crippen molar-refractivity contribution in [3.05, 3.63) is 41.8 Å². The first kappa shape index (κ1) is 10.4. The fourth-order valence-electron chi connectivity index (χ4n) is 1.32. The number of aryl methyl sites for hydroxylation is 1. The SMILES string of the molecule is Cc1cc(F)ccc1Nc1nccc(N)n1. The van der Waals surface area contributed by atoms with Gasteiger partial charge in [0.25, 0.3) is 0 Å². The Morgan fingerprint density at radius 1 is 1.31 bits per heavy atom. The summed E-state index contributed by atoms with van der Waals surface area (Å²) < 4.78 is 12.9. The summed E-state index contributed by atoms with van der Waals surface area (Å²) in [4.78, 5) is 8.00. The van der Waals surface area contributed by atoms with E-state index in [1.54, 1.807) is 25.3 Å². The van der Waals surface area contributed by atoms with Gasteiger partial charge in [0, 0.05) is 11.9 Å². The molecular weight excluding hydrogens is 207 g/mol. The molecule has 0 spiro atoms. The minimum atomic E-state index is -0.267. The Labute approximate surface area is 92.3 Å². The summed E-state index contributed by atoms with van der Waals surface area (Å²) in [6, 6.07) is 6.05. The molecule has 1 aromatic heterocycles. The summed E-state index contributed by atoms with van der Waals surface area (Å²) in [5, 5.41) is 2.97. The van der Waals surface area contributed by atoms with Crippen LogP contribution in [0.25, 0.3) is 0 Å². The van der Waals surface area contributed by atoms with Crippen molar-refractivity contribution in [3.63, 3.8) is 0 Å². The van der Waals surface area contributed by atoms with Crippen LogP contribution in [-0.4, -0.2) is 9.97 Å². The zero-order valence-corrected chi connectivity index (χ0v) is 8.74. The highest BCUT2D eigenvalue weighted by Gasteiger charge is 2.02. The van der Waals surface area contributed by atoms with Crippen molar-refractivity contribution in [2.75, 3.05) is 11.1 Å². The van der Waals surface area contributed by atoms with Crippen LogP contribution in [0.3, 0.4) is 0 Å². The summed E-state index contributed by atoms with van der Waals surface area (Å²) in [5.74, 6) is 0.517. The first-order valence-electron chi connectivity index (χ1n) is 4.77. The molecule has 0 aliphatic heterocycles. The van der Waals surface area contributed by atoms with Gasteiger partial charge in [0.15, 0.2) is 0 Å². The van der Waals surface area contributed by atoms with E-state index in [1.807, 2.05) is 0 Å². The van der Waals surface area contributed by atoms with Crippen molar-refractivity contribution in [3.8, 4) is 0 Å². The number of nitrogens with one attached hydrogen (secondary N) is 1. The normalized spacial score (nSPS) is 10.1. The third kappa shape index (κ3) is 2.25. The van der Waals surface area contributed by atoms with Crippen LogP contribution in [-0.2, 0) is 0 Å². The minimum absolute atomic E-state index is 0.267. The number of anilines is 3. The highest BCUT2D eigenvalue weighted by molar-refractivity contribution is 5.58. The Kier molecular flexibility index (Phi) is 2.68. The molecule has 0 amide bonds. The second kappa shape index (κ2) is 4.14. The number of nitrogens with two attached hydrogens (primary N) is 1. The van der Waals surface area contributed by atoms with Crippen molar-refractivity contribution in [1.29, 1.82) is 0 Å². The average Bonchev–Trinajstić information content (AvgIpc) is 2.22. The lowest BCUT2D eigenvalue weighted by atomic mass is 10.2. The molecule has 82 valence electrons. The molecule has 1 aromatic carbocycles. The van der Waals surface area contributed by atoms with E-state index in [0.717, 1.165) is 11.3 Å². The zero-order chi connectivity index (χ0) is 11.5. The molecule has 16 heavy (non-hydrogen) atoms. The molecule has 5 heteroatoms. The highest BCUT2D eigenvalue weighted by atomic mass is 19.1. The summed E-state index contributed by atoms with van der Waals surface area (Å²) >= 11 is 0. The third-order valence-corrected chi connectivity index (χ3v) is 2.11. The van der Waals surface area contributed by atoms with Gasteiger partial charge in [-0.25, -0.2) is 9.37 Å². The monoisotopic (exact) mass is 218 g/mol. The number of hydrogen-bond acceptors (Lipinski definition) is 4. The van der Waals surface area contributed by atoms with Crippen LogP contribution in [0, 0.1) is 12.7 Å². The lowest BCUT2D eigenvalue weighted by Crippen LogP contribution is -2.00. The van der Waals surface area contributed by atoms with Gasteiger partial charge >= 0.3 is 0 Å². The fraction of sp³-hybridized carbons (Fsp3) is 0.0909. The molecule has 1 heterocycles. The molecule has 0 atom stereocenters. The molecule has 0 bridgehead atoms. The first-order valence-corrected chi connectivity index (χ1v) is 4.77. The Hall–Kier alpha value is -2.17. The molecular formula is C11H11FN4. The van der Waals surface area contributed by atoms with Gasteiger partial charge in [0.2, 0.25) is 5.95 Å². The number of nitrogens with zero attached hydrogens (tertiary/aromatic N) is 2. The Bertz CT molecular complexity index is 513. The van der Waals surface area contributed by atoms with Gasteiger partial charge in [-0.05, 0) is 36.8 Å². The van der Waals surface area contributed by atoms with E-state index in [2.05, 4.69) is 15.3 Å². The second-order valence-electron chi connectivity index (χ2n) is 3.39. The van der Waals surface area contributed by atoms with Gasteiger partial charge < -0.3 is 11.1 Å². The smallest absolute Gasteiger partial charge is 0.229 e. The number of aromatic nitrogens is 2. The lowest BCUT2D eigenvalue weighted by Gasteiger charge is -2.07. The number of nitrogen functional groups attached to an aromatic ring is 1. The molecule has 0 saturated carbocycles. The van der Waals surface area contributed by atoms with E-state index in [-0.39, 0.29) is 5.82 Å². The molecule has 0 fully saturated rings. The molecule has 2 rings (SSSR count). The molecule has 0 radical (unpaired) electrons. The second-order valence-corrected chi connectivity index (χ2v) is 3.39.